The van der Waals surface area contributed by atoms with Crippen LogP contribution in [0.3, 0.4) is 0 Å². The molecule has 0 bridgehead atoms. The van der Waals surface area contributed by atoms with Crippen LogP contribution in [0.1, 0.15) is 23.4 Å². The van der Waals surface area contributed by atoms with Crippen molar-refractivity contribution in [1.82, 2.24) is 15.1 Å². The molecule has 0 aliphatic rings. The number of aromatic nitrogens is 3. The Morgan fingerprint density at radius 2 is 1.85 bits per heavy atom. The summed E-state index contributed by atoms with van der Waals surface area (Å²) in [7, 11) is 0. The highest BCUT2D eigenvalue weighted by atomic mass is 32.1. The number of benzene rings is 2. The van der Waals surface area contributed by atoms with Crippen molar-refractivity contribution >= 4 is 11.3 Å². The Hall–Kier alpha value is -2.99. The minimum atomic E-state index is 0.528. The van der Waals surface area contributed by atoms with E-state index in [4.69, 9.17) is 14.2 Å². The van der Waals surface area contributed by atoms with Crippen LogP contribution in [0.4, 0.5) is 0 Å². The molecule has 6 heteroatoms. The van der Waals surface area contributed by atoms with Crippen LogP contribution < -0.4 is 4.74 Å². The van der Waals surface area contributed by atoms with Gasteiger partial charge >= 0.3 is 0 Å². The molecule has 0 saturated carbocycles. The van der Waals surface area contributed by atoms with E-state index in [1.54, 1.807) is 11.3 Å². The van der Waals surface area contributed by atoms with E-state index in [-0.39, 0.29) is 0 Å². The van der Waals surface area contributed by atoms with E-state index in [0.717, 1.165) is 33.1 Å². The monoisotopic (exact) mass is 377 g/mol. The van der Waals surface area contributed by atoms with Crippen LogP contribution in [0.2, 0.25) is 0 Å². The van der Waals surface area contributed by atoms with Gasteiger partial charge in [0.25, 0.3) is 0 Å². The van der Waals surface area contributed by atoms with Gasteiger partial charge in [-0.25, -0.2) is 4.98 Å². The number of thiazole rings is 1. The summed E-state index contributed by atoms with van der Waals surface area (Å²) < 4.78 is 10.9. The first-order valence-corrected chi connectivity index (χ1v) is 9.67. The molecule has 0 saturated heterocycles. The van der Waals surface area contributed by atoms with Crippen molar-refractivity contribution in [3.05, 3.63) is 70.4 Å². The van der Waals surface area contributed by atoms with Gasteiger partial charge in [-0.1, -0.05) is 29.4 Å². The van der Waals surface area contributed by atoms with Crippen LogP contribution in [-0.4, -0.2) is 21.7 Å². The lowest BCUT2D eigenvalue weighted by Crippen LogP contribution is -1.91. The maximum atomic E-state index is 5.48. The number of aryl methyl sites for hydroxylation is 1. The van der Waals surface area contributed by atoms with Gasteiger partial charge < -0.3 is 9.26 Å². The fraction of sp³-hybridized carbons (Fsp3) is 0.190. The van der Waals surface area contributed by atoms with Crippen molar-refractivity contribution in [3.8, 4) is 28.4 Å². The number of hydrogen-bond donors (Lipinski definition) is 0. The molecular formula is C21H19N3O2S. The summed E-state index contributed by atoms with van der Waals surface area (Å²) in [6.45, 7) is 4.67. The summed E-state index contributed by atoms with van der Waals surface area (Å²) >= 11 is 1.59. The van der Waals surface area contributed by atoms with E-state index in [1.165, 1.54) is 0 Å². The number of rotatable bonds is 6. The molecule has 4 rings (SSSR count). The van der Waals surface area contributed by atoms with Crippen molar-refractivity contribution < 1.29 is 9.26 Å². The standard InChI is InChI=1S/C21H19N3O2S/c1-3-25-16-10-8-15(9-11-16)18-13-27-20(22-18)12-19-23-21(24-26-19)17-7-5-4-6-14(17)2/h4-11,13H,3,12H2,1-2H3. The predicted molar refractivity (Wildman–Crippen MR) is 106 cm³/mol. The average Bonchev–Trinajstić information content (AvgIpc) is 3.33. The highest BCUT2D eigenvalue weighted by Gasteiger charge is 2.13. The van der Waals surface area contributed by atoms with E-state index in [0.29, 0.717) is 24.7 Å². The van der Waals surface area contributed by atoms with E-state index in [9.17, 15) is 0 Å². The second-order valence-corrected chi connectivity index (χ2v) is 7.03. The van der Waals surface area contributed by atoms with E-state index in [1.807, 2.05) is 67.8 Å². The van der Waals surface area contributed by atoms with Crippen molar-refractivity contribution in [3.63, 3.8) is 0 Å². The molecule has 5 nitrogen and oxygen atoms in total. The van der Waals surface area contributed by atoms with Crippen molar-refractivity contribution in [1.29, 1.82) is 0 Å². The maximum Gasteiger partial charge on any atom is 0.233 e. The van der Waals surface area contributed by atoms with Crippen LogP contribution in [-0.2, 0) is 6.42 Å². The van der Waals surface area contributed by atoms with Gasteiger partial charge in [-0.15, -0.1) is 11.3 Å². The minimum absolute atomic E-state index is 0.528. The highest BCUT2D eigenvalue weighted by molar-refractivity contribution is 7.10. The second-order valence-electron chi connectivity index (χ2n) is 6.09. The third-order valence-electron chi connectivity index (χ3n) is 4.17. The molecule has 2 aromatic heterocycles. The highest BCUT2D eigenvalue weighted by Crippen LogP contribution is 2.26. The van der Waals surface area contributed by atoms with Gasteiger partial charge in [0.05, 0.1) is 18.7 Å². The molecule has 0 aliphatic heterocycles. The summed E-state index contributed by atoms with van der Waals surface area (Å²) in [6, 6.07) is 16.0. The molecule has 2 heterocycles. The Labute approximate surface area is 161 Å². The lowest BCUT2D eigenvalue weighted by Gasteiger charge is -2.03. The van der Waals surface area contributed by atoms with Crippen LogP contribution >= 0.6 is 11.3 Å². The molecule has 0 amide bonds. The molecule has 0 unspecified atom stereocenters. The van der Waals surface area contributed by atoms with Crippen LogP contribution in [0.15, 0.2) is 58.4 Å². The summed E-state index contributed by atoms with van der Waals surface area (Å²) in [6.07, 6.45) is 0.528. The van der Waals surface area contributed by atoms with Crippen molar-refractivity contribution in [2.45, 2.75) is 20.3 Å². The zero-order chi connectivity index (χ0) is 18.6. The van der Waals surface area contributed by atoms with E-state index in [2.05, 4.69) is 10.1 Å². The van der Waals surface area contributed by atoms with E-state index >= 15 is 0 Å². The van der Waals surface area contributed by atoms with Gasteiger partial charge in [0, 0.05) is 16.5 Å². The summed E-state index contributed by atoms with van der Waals surface area (Å²) in [5.41, 5.74) is 4.11. The van der Waals surface area contributed by atoms with Gasteiger partial charge in [-0.2, -0.15) is 4.98 Å². The Morgan fingerprint density at radius 1 is 1.04 bits per heavy atom. The van der Waals surface area contributed by atoms with Gasteiger partial charge in [-0.3, -0.25) is 0 Å². The molecule has 136 valence electrons. The first-order valence-electron chi connectivity index (χ1n) is 8.79. The number of ether oxygens (including phenoxy) is 1. The molecule has 0 radical (unpaired) electrons. The van der Waals surface area contributed by atoms with E-state index < -0.39 is 0 Å². The smallest absolute Gasteiger partial charge is 0.233 e. The molecule has 4 aromatic rings. The van der Waals surface area contributed by atoms with Gasteiger partial charge in [0.1, 0.15) is 10.8 Å². The Bertz CT molecular complexity index is 1040. The SMILES string of the molecule is CCOc1ccc(-c2csc(Cc3nc(-c4ccccc4C)no3)n2)cc1. The lowest BCUT2D eigenvalue weighted by molar-refractivity contribution is 0.340. The second kappa shape index (κ2) is 7.72. The zero-order valence-corrected chi connectivity index (χ0v) is 16.0. The van der Waals surface area contributed by atoms with Crippen LogP contribution in [0, 0.1) is 6.92 Å². The molecular weight excluding hydrogens is 358 g/mol. The lowest BCUT2D eigenvalue weighted by atomic mass is 10.1. The van der Waals surface area contributed by atoms with Crippen molar-refractivity contribution in [2.75, 3.05) is 6.61 Å². The normalized spacial score (nSPS) is 10.9. The van der Waals surface area contributed by atoms with Crippen molar-refractivity contribution in [2.24, 2.45) is 0 Å². The van der Waals surface area contributed by atoms with Gasteiger partial charge in [-0.05, 0) is 43.7 Å². The molecule has 2 aromatic carbocycles. The summed E-state index contributed by atoms with van der Waals surface area (Å²) in [5, 5.41) is 7.10. The Kier molecular flexibility index (Phi) is 4.98. The largest absolute Gasteiger partial charge is 0.494 e. The van der Waals surface area contributed by atoms with Gasteiger partial charge in [0.2, 0.25) is 11.7 Å². The average molecular weight is 377 g/mol. The number of hydrogen-bond acceptors (Lipinski definition) is 6. The summed E-state index contributed by atoms with van der Waals surface area (Å²) in [5.74, 6) is 2.05. The fourth-order valence-electron chi connectivity index (χ4n) is 2.80. The summed E-state index contributed by atoms with van der Waals surface area (Å²) in [4.78, 5) is 9.22. The Morgan fingerprint density at radius 3 is 2.63 bits per heavy atom. The van der Waals surface area contributed by atoms with Crippen LogP contribution in [0.25, 0.3) is 22.6 Å². The third-order valence-corrected chi connectivity index (χ3v) is 5.02. The predicted octanol–water partition coefficient (Wildman–Crippen LogP) is 5.16. The fourth-order valence-corrected chi connectivity index (χ4v) is 3.60. The number of nitrogens with zero attached hydrogens (tertiary/aromatic N) is 3. The molecule has 0 N–H and O–H groups in total. The zero-order valence-electron chi connectivity index (χ0n) is 15.2. The first-order chi connectivity index (χ1) is 13.2. The minimum Gasteiger partial charge on any atom is -0.494 e. The Balaban J connectivity index is 1.49. The van der Waals surface area contributed by atoms with Gasteiger partial charge in [0.15, 0.2) is 0 Å². The molecule has 0 aliphatic carbocycles. The third kappa shape index (κ3) is 3.90. The topological polar surface area (TPSA) is 61.0 Å². The molecule has 0 atom stereocenters. The quantitative estimate of drug-likeness (QED) is 0.464. The van der Waals surface area contributed by atoms with Crippen LogP contribution in [0.5, 0.6) is 5.75 Å². The maximum absolute atomic E-state index is 5.48. The molecule has 0 spiro atoms. The molecule has 27 heavy (non-hydrogen) atoms. The molecule has 0 fully saturated rings. The first kappa shape index (κ1) is 17.4.